The second kappa shape index (κ2) is 13.0. The topological polar surface area (TPSA) is 110 Å². The number of aromatic nitrogens is 3. The van der Waals surface area contributed by atoms with Gasteiger partial charge >= 0.3 is 12.1 Å². The summed E-state index contributed by atoms with van der Waals surface area (Å²) in [7, 11) is 1.43. The van der Waals surface area contributed by atoms with E-state index in [4.69, 9.17) is 25.8 Å². The number of rotatable bonds is 7. The normalized spacial score (nSPS) is 18.9. The van der Waals surface area contributed by atoms with E-state index in [0.717, 1.165) is 31.5 Å². The molecule has 0 radical (unpaired) electrons. The molecule has 1 amide bonds. The molecule has 0 saturated carbocycles. The van der Waals surface area contributed by atoms with Crippen LogP contribution in [0.15, 0.2) is 24.5 Å². The third-order valence-electron chi connectivity index (χ3n) is 7.00. The van der Waals surface area contributed by atoms with Gasteiger partial charge in [0.25, 0.3) is 0 Å². The maximum Gasteiger partial charge on any atom is 0.410 e. The fourth-order valence-electron chi connectivity index (χ4n) is 4.97. The average Bonchev–Trinajstić information content (AvgIpc) is 2.88. The Kier molecular flexibility index (Phi) is 9.68. The summed E-state index contributed by atoms with van der Waals surface area (Å²) in [6.07, 6.45) is 5.31. The summed E-state index contributed by atoms with van der Waals surface area (Å²) >= 11 is 6.30. The Morgan fingerprint density at radius 2 is 1.77 bits per heavy atom. The number of piperazine rings is 1. The molecular formula is C28H39ClN6O5. The maximum absolute atomic E-state index is 12.5. The van der Waals surface area contributed by atoms with E-state index >= 15 is 0 Å². The molecular weight excluding hydrogens is 536 g/mol. The highest BCUT2D eigenvalue weighted by atomic mass is 35.5. The summed E-state index contributed by atoms with van der Waals surface area (Å²) in [6.45, 7) is 11.8. The third-order valence-corrected chi connectivity index (χ3v) is 7.20. The van der Waals surface area contributed by atoms with Gasteiger partial charge < -0.3 is 24.0 Å². The molecule has 1 unspecified atom stereocenters. The average molecular weight is 575 g/mol. The molecule has 11 nitrogen and oxygen atoms in total. The Balaban J connectivity index is 1.31. The minimum Gasteiger partial charge on any atom is -0.469 e. The number of hydrogen-bond acceptors (Lipinski definition) is 10. The zero-order valence-corrected chi connectivity index (χ0v) is 24.7. The maximum atomic E-state index is 12.5. The van der Waals surface area contributed by atoms with Gasteiger partial charge in [0.15, 0.2) is 5.75 Å². The highest BCUT2D eigenvalue weighted by molar-refractivity contribution is 6.29. The van der Waals surface area contributed by atoms with Crippen molar-refractivity contribution in [1.82, 2.24) is 24.8 Å². The molecule has 0 aliphatic carbocycles. The van der Waals surface area contributed by atoms with Crippen LogP contribution in [0.3, 0.4) is 0 Å². The molecule has 2 fully saturated rings. The summed E-state index contributed by atoms with van der Waals surface area (Å²) in [5, 5.41) is 0.350. The molecule has 0 bridgehead atoms. The molecule has 2 aromatic rings. The van der Waals surface area contributed by atoms with Crippen molar-refractivity contribution in [3.63, 3.8) is 0 Å². The summed E-state index contributed by atoms with van der Waals surface area (Å²) < 4.78 is 16.3. The minimum atomic E-state index is -0.532. The lowest BCUT2D eigenvalue weighted by atomic mass is 9.93. The number of amides is 1. The molecule has 2 aromatic heterocycles. The Morgan fingerprint density at radius 3 is 2.40 bits per heavy atom. The molecule has 0 spiro atoms. The number of ether oxygens (including phenoxy) is 3. The number of esters is 1. The number of likely N-dealkylation sites (tertiary alicyclic amines) is 1. The van der Waals surface area contributed by atoms with Crippen LogP contribution in [0.5, 0.6) is 11.6 Å². The van der Waals surface area contributed by atoms with Gasteiger partial charge in [-0.25, -0.2) is 19.7 Å². The Bertz CT molecular complexity index is 1170. The minimum absolute atomic E-state index is 0.0455. The van der Waals surface area contributed by atoms with E-state index in [2.05, 4.69) is 19.9 Å². The molecule has 0 aromatic carbocycles. The van der Waals surface area contributed by atoms with Gasteiger partial charge in [0.05, 0.1) is 19.5 Å². The number of carbonyl (C=O) groups is 2. The van der Waals surface area contributed by atoms with Crippen LogP contribution >= 0.6 is 11.6 Å². The molecule has 40 heavy (non-hydrogen) atoms. The third kappa shape index (κ3) is 8.41. The smallest absolute Gasteiger partial charge is 0.410 e. The molecule has 4 rings (SSSR count). The molecule has 12 heteroatoms. The predicted molar refractivity (Wildman–Crippen MR) is 151 cm³/mol. The van der Waals surface area contributed by atoms with Crippen molar-refractivity contribution in [3.05, 3.63) is 35.2 Å². The van der Waals surface area contributed by atoms with E-state index in [1.807, 2.05) is 44.7 Å². The molecule has 4 heterocycles. The van der Waals surface area contributed by atoms with Gasteiger partial charge in [-0.1, -0.05) is 11.6 Å². The first-order valence-electron chi connectivity index (χ1n) is 13.7. The first-order valence-corrected chi connectivity index (χ1v) is 14.1. The van der Waals surface area contributed by atoms with Gasteiger partial charge in [-0.15, -0.1) is 0 Å². The van der Waals surface area contributed by atoms with E-state index in [9.17, 15) is 9.59 Å². The van der Waals surface area contributed by atoms with Crippen LogP contribution in [0.4, 0.5) is 10.7 Å². The van der Waals surface area contributed by atoms with Crippen LogP contribution in [-0.4, -0.2) is 88.3 Å². The van der Waals surface area contributed by atoms with E-state index in [1.165, 1.54) is 7.11 Å². The van der Waals surface area contributed by atoms with E-state index in [-0.39, 0.29) is 18.1 Å². The van der Waals surface area contributed by atoms with E-state index < -0.39 is 5.60 Å². The Labute approximate surface area is 240 Å². The standard InChI is InChI=1S/C28H39ClN6O5/c1-19-17-34(10-11-35(19)27(37)40-28(2,3)4)26-30-15-22(16-31-26)39-24-13-21(12-23(29)32-24)18-33-8-6-20(7-9-33)14-25(36)38-5/h12-13,15-16,19-20H,6-11,14,17-18H2,1-5H3. The first-order chi connectivity index (χ1) is 19.0. The fourth-order valence-corrected chi connectivity index (χ4v) is 5.19. The monoisotopic (exact) mass is 574 g/mol. The second-order valence-electron chi connectivity index (χ2n) is 11.4. The number of methoxy groups -OCH3 is 1. The molecule has 2 saturated heterocycles. The van der Waals surface area contributed by atoms with Crippen LogP contribution in [0.2, 0.25) is 5.15 Å². The number of pyridine rings is 1. The highest BCUT2D eigenvalue weighted by Gasteiger charge is 2.31. The Hall–Kier alpha value is -3.18. The van der Waals surface area contributed by atoms with Gasteiger partial charge in [-0.2, -0.15) is 0 Å². The molecule has 2 aliphatic rings. The van der Waals surface area contributed by atoms with Crippen LogP contribution < -0.4 is 9.64 Å². The number of anilines is 1. The van der Waals surface area contributed by atoms with Crippen LogP contribution in [0.25, 0.3) is 0 Å². The number of halogens is 1. The van der Waals surface area contributed by atoms with Crippen molar-refractivity contribution in [1.29, 1.82) is 0 Å². The molecule has 2 aliphatic heterocycles. The Morgan fingerprint density at radius 1 is 1.07 bits per heavy atom. The number of piperidine rings is 1. The number of nitrogens with zero attached hydrogens (tertiary/aromatic N) is 6. The van der Waals surface area contributed by atoms with Crippen molar-refractivity contribution in [2.24, 2.45) is 5.92 Å². The van der Waals surface area contributed by atoms with E-state index in [0.29, 0.717) is 61.2 Å². The summed E-state index contributed by atoms with van der Waals surface area (Å²) in [5.74, 6) is 1.61. The van der Waals surface area contributed by atoms with Gasteiger partial charge in [-0.3, -0.25) is 9.69 Å². The van der Waals surface area contributed by atoms with Crippen LogP contribution in [0, 0.1) is 5.92 Å². The van der Waals surface area contributed by atoms with Crippen molar-refractivity contribution in [2.75, 3.05) is 44.7 Å². The number of hydrogen-bond donors (Lipinski definition) is 0. The quantitative estimate of drug-likeness (QED) is 0.345. The summed E-state index contributed by atoms with van der Waals surface area (Å²) in [5.41, 5.74) is 0.464. The predicted octanol–water partition coefficient (Wildman–Crippen LogP) is 4.54. The van der Waals surface area contributed by atoms with Crippen molar-refractivity contribution < 1.29 is 23.8 Å². The SMILES string of the molecule is COC(=O)CC1CCN(Cc2cc(Cl)nc(Oc3cnc(N4CCN(C(=O)OC(C)(C)C)C(C)C4)nc3)c2)CC1. The van der Waals surface area contributed by atoms with Gasteiger partial charge in [0.1, 0.15) is 10.8 Å². The van der Waals surface area contributed by atoms with Gasteiger partial charge in [0, 0.05) is 44.7 Å². The van der Waals surface area contributed by atoms with Gasteiger partial charge in [-0.05, 0) is 71.2 Å². The largest absolute Gasteiger partial charge is 0.469 e. The van der Waals surface area contributed by atoms with E-state index in [1.54, 1.807) is 17.3 Å². The zero-order chi connectivity index (χ0) is 28.9. The lowest BCUT2D eigenvalue weighted by molar-refractivity contribution is -0.142. The highest BCUT2D eigenvalue weighted by Crippen LogP contribution is 2.27. The van der Waals surface area contributed by atoms with Crippen molar-refractivity contribution in [3.8, 4) is 11.6 Å². The first kappa shape index (κ1) is 29.8. The van der Waals surface area contributed by atoms with Crippen LogP contribution in [-0.2, 0) is 20.8 Å². The second-order valence-corrected chi connectivity index (χ2v) is 11.8. The van der Waals surface area contributed by atoms with Crippen molar-refractivity contribution >= 4 is 29.6 Å². The lowest BCUT2D eigenvalue weighted by Crippen LogP contribution is -2.55. The molecule has 218 valence electrons. The van der Waals surface area contributed by atoms with Gasteiger partial charge in [0.2, 0.25) is 11.8 Å². The van der Waals surface area contributed by atoms with Crippen LogP contribution in [0.1, 0.15) is 52.5 Å². The number of carbonyl (C=O) groups excluding carboxylic acids is 2. The molecule has 1 atom stereocenters. The van der Waals surface area contributed by atoms with Crippen molar-refractivity contribution in [2.45, 2.75) is 65.1 Å². The summed E-state index contributed by atoms with van der Waals surface area (Å²) in [4.78, 5) is 43.5. The summed E-state index contributed by atoms with van der Waals surface area (Å²) in [6, 6.07) is 3.67. The lowest BCUT2D eigenvalue weighted by Gasteiger charge is -2.40. The molecule has 0 N–H and O–H groups in total. The fraction of sp³-hybridized carbons (Fsp3) is 0.607. The zero-order valence-electron chi connectivity index (χ0n) is 23.9.